The van der Waals surface area contributed by atoms with Crippen LogP contribution < -0.4 is 4.90 Å². The highest BCUT2D eigenvalue weighted by atomic mass is 19.1. The normalized spacial score (nSPS) is 10.1. The van der Waals surface area contributed by atoms with Crippen molar-refractivity contribution >= 4 is 17.6 Å². The highest BCUT2D eigenvalue weighted by Crippen LogP contribution is 2.18. The van der Waals surface area contributed by atoms with Gasteiger partial charge in [-0.2, -0.15) is 0 Å². The minimum absolute atomic E-state index is 0.0618. The number of rotatable bonds is 3. The number of hydrogen-bond donors (Lipinski definition) is 1. The first-order valence-corrected chi connectivity index (χ1v) is 5.86. The molecule has 0 aliphatic rings. The standard InChI is InChI=1S/C15H12FNO3/c1-17(11-6-4-5-10(16)9-11)14(18)12-7-2-3-8-13(12)15(19)20/h2-9H,1H3,(H,19,20). The van der Waals surface area contributed by atoms with Gasteiger partial charge in [-0.15, -0.1) is 0 Å². The number of benzene rings is 2. The first kappa shape index (κ1) is 13.7. The van der Waals surface area contributed by atoms with Gasteiger partial charge in [-0.25, -0.2) is 9.18 Å². The molecular weight excluding hydrogens is 261 g/mol. The summed E-state index contributed by atoms with van der Waals surface area (Å²) < 4.78 is 13.2. The van der Waals surface area contributed by atoms with E-state index in [4.69, 9.17) is 5.11 Å². The Hall–Kier alpha value is -2.69. The summed E-state index contributed by atoms with van der Waals surface area (Å²) in [5.41, 5.74) is 0.336. The molecule has 0 heterocycles. The van der Waals surface area contributed by atoms with Gasteiger partial charge in [0.2, 0.25) is 0 Å². The molecular formula is C15H12FNO3. The third kappa shape index (κ3) is 2.66. The van der Waals surface area contributed by atoms with E-state index in [1.54, 1.807) is 18.2 Å². The largest absolute Gasteiger partial charge is 0.478 e. The Kier molecular flexibility index (Phi) is 3.79. The molecule has 2 aromatic carbocycles. The second kappa shape index (κ2) is 5.52. The zero-order valence-electron chi connectivity index (χ0n) is 10.7. The molecule has 0 radical (unpaired) electrons. The van der Waals surface area contributed by atoms with E-state index in [1.807, 2.05) is 0 Å². The van der Waals surface area contributed by atoms with Crippen LogP contribution in [0.3, 0.4) is 0 Å². The topological polar surface area (TPSA) is 57.6 Å². The predicted octanol–water partition coefficient (Wildman–Crippen LogP) is 2.80. The van der Waals surface area contributed by atoms with Crippen LogP contribution in [0, 0.1) is 5.82 Å². The summed E-state index contributed by atoms with van der Waals surface area (Å²) >= 11 is 0. The van der Waals surface area contributed by atoms with Crippen LogP contribution >= 0.6 is 0 Å². The van der Waals surface area contributed by atoms with Crippen molar-refractivity contribution in [3.63, 3.8) is 0 Å². The first-order valence-electron chi connectivity index (χ1n) is 5.86. The zero-order chi connectivity index (χ0) is 14.7. The van der Waals surface area contributed by atoms with E-state index in [0.717, 1.165) is 0 Å². The number of anilines is 1. The van der Waals surface area contributed by atoms with Crippen LogP contribution in [0.15, 0.2) is 48.5 Å². The molecule has 0 spiro atoms. The number of halogens is 1. The van der Waals surface area contributed by atoms with E-state index >= 15 is 0 Å². The summed E-state index contributed by atoms with van der Waals surface area (Å²) in [6, 6.07) is 11.5. The molecule has 4 nitrogen and oxygen atoms in total. The molecule has 0 saturated heterocycles. The van der Waals surface area contributed by atoms with Crippen LogP contribution in [-0.2, 0) is 0 Å². The number of aromatic carboxylic acids is 1. The third-order valence-electron chi connectivity index (χ3n) is 2.89. The Morgan fingerprint density at radius 3 is 2.30 bits per heavy atom. The molecule has 0 fully saturated rings. The van der Waals surface area contributed by atoms with Crippen molar-refractivity contribution in [2.45, 2.75) is 0 Å². The van der Waals surface area contributed by atoms with Gasteiger partial charge in [0.15, 0.2) is 0 Å². The molecule has 0 aliphatic heterocycles. The molecule has 20 heavy (non-hydrogen) atoms. The van der Waals surface area contributed by atoms with E-state index in [2.05, 4.69) is 0 Å². The lowest BCUT2D eigenvalue weighted by Gasteiger charge is -2.18. The van der Waals surface area contributed by atoms with E-state index in [-0.39, 0.29) is 11.1 Å². The van der Waals surface area contributed by atoms with Crippen LogP contribution in [0.5, 0.6) is 0 Å². The molecule has 0 aliphatic carbocycles. The first-order chi connectivity index (χ1) is 9.50. The molecule has 2 aromatic rings. The van der Waals surface area contributed by atoms with Gasteiger partial charge in [0.05, 0.1) is 11.1 Å². The molecule has 0 bridgehead atoms. The molecule has 0 aromatic heterocycles. The van der Waals surface area contributed by atoms with Crippen LogP contribution in [0.1, 0.15) is 20.7 Å². The maximum atomic E-state index is 13.2. The Labute approximate surface area is 115 Å². The lowest BCUT2D eigenvalue weighted by molar-refractivity contribution is 0.0692. The van der Waals surface area contributed by atoms with Gasteiger partial charge in [-0.3, -0.25) is 4.79 Å². The SMILES string of the molecule is CN(C(=O)c1ccccc1C(=O)O)c1cccc(F)c1. The van der Waals surface area contributed by atoms with Crippen molar-refractivity contribution in [2.24, 2.45) is 0 Å². The monoisotopic (exact) mass is 273 g/mol. The van der Waals surface area contributed by atoms with Gasteiger partial charge in [-0.05, 0) is 30.3 Å². The van der Waals surface area contributed by atoms with Gasteiger partial charge < -0.3 is 10.0 Å². The number of carboxylic acid groups (broad SMARTS) is 1. The van der Waals surface area contributed by atoms with Gasteiger partial charge in [0, 0.05) is 12.7 Å². The number of carbonyl (C=O) groups is 2. The molecule has 1 amide bonds. The molecule has 2 rings (SSSR count). The average molecular weight is 273 g/mol. The van der Waals surface area contributed by atoms with Gasteiger partial charge in [0.25, 0.3) is 5.91 Å². The Balaban J connectivity index is 2.39. The van der Waals surface area contributed by atoms with Gasteiger partial charge in [0.1, 0.15) is 5.82 Å². The van der Waals surface area contributed by atoms with Gasteiger partial charge in [-0.1, -0.05) is 18.2 Å². The number of carbonyl (C=O) groups excluding carboxylic acids is 1. The van der Waals surface area contributed by atoms with Crippen molar-refractivity contribution in [1.82, 2.24) is 0 Å². The highest BCUT2D eigenvalue weighted by molar-refractivity contribution is 6.11. The van der Waals surface area contributed by atoms with Gasteiger partial charge >= 0.3 is 5.97 Å². The Morgan fingerprint density at radius 2 is 1.70 bits per heavy atom. The van der Waals surface area contributed by atoms with E-state index in [0.29, 0.717) is 5.69 Å². The van der Waals surface area contributed by atoms with E-state index < -0.39 is 17.7 Å². The Morgan fingerprint density at radius 1 is 1.05 bits per heavy atom. The second-order valence-corrected chi connectivity index (χ2v) is 4.19. The smallest absolute Gasteiger partial charge is 0.336 e. The summed E-state index contributed by atoms with van der Waals surface area (Å²) in [6.45, 7) is 0. The summed E-state index contributed by atoms with van der Waals surface area (Å²) in [5.74, 6) is -2.15. The van der Waals surface area contributed by atoms with Crippen molar-refractivity contribution in [2.75, 3.05) is 11.9 Å². The second-order valence-electron chi connectivity index (χ2n) is 4.19. The fourth-order valence-corrected chi connectivity index (χ4v) is 1.84. The highest BCUT2D eigenvalue weighted by Gasteiger charge is 2.20. The minimum atomic E-state index is -1.18. The lowest BCUT2D eigenvalue weighted by atomic mass is 10.1. The maximum Gasteiger partial charge on any atom is 0.336 e. The molecule has 1 N–H and O–H groups in total. The van der Waals surface area contributed by atoms with Crippen LogP contribution in [0.4, 0.5) is 10.1 Å². The minimum Gasteiger partial charge on any atom is -0.478 e. The molecule has 102 valence electrons. The molecule has 0 saturated carbocycles. The van der Waals surface area contributed by atoms with Crippen molar-refractivity contribution in [3.05, 3.63) is 65.5 Å². The molecule has 0 atom stereocenters. The third-order valence-corrected chi connectivity index (χ3v) is 2.89. The van der Waals surface area contributed by atoms with Crippen molar-refractivity contribution < 1.29 is 19.1 Å². The lowest BCUT2D eigenvalue weighted by Crippen LogP contribution is -2.28. The molecule has 5 heteroatoms. The summed E-state index contributed by atoms with van der Waals surface area (Å²) in [4.78, 5) is 24.6. The number of carboxylic acids is 1. The van der Waals surface area contributed by atoms with Crippen molar-refractivity contribution in [1.29, 1.82) is 0 Å². The maximum absolute atomic E-state index is 13.2. The van der Waals surface area contributed by atoms with E-state index in [1.165, 1.54) is 42.3 Å². The quantitative estimate of drug-likeness (QED) is 0.935. The fraction of sp³-hybridized carbons (Fsp3) is 0.0667. The molecule has 0 unspecified atom stereocenters. The summed E-state index contributed by atoms with van der Waals surface area (Å²) in [5, 5.41) is 9.08. The fourth-order valence-electron chi connectivity index (χ4n) is 1.84. The summed E-state index contributed by atoms with van der Waals surface area (Å²) in [6.07, 6.45) is 0. The zero-order valence-corrected chi connectivity index (χ0v) is 10.7. The van der Waals surface area contributed by atoms with Crippen LogP contribution in [0.2, 0.25) is 0 Å². The van der Waals surface area contributed by atoms with E-state index in [9.17, 15) is 14.0 Å². The van der Waals surface area contributed by atoms with Crippen molar-refractivity contribution in [3.8, 4) is 0 Å². The summed E-state index contributed by atoms with van der Waals surface area (Å²) in [7, 11) is 1.47. The Bertz CT molecular complexity index is 670. The predicted molar refractivity (Wildman–Crippen MR) is 72.5 cm³/mol. The van der Waals surface area contributed by atoms with Crippen LogP contribution in [-0.4, -0.2) is 24.0 Å². The average Bonchev–Trinajstić information content (AvgIpc) is 2.45. The number of amides is 1. The van der Waals surface area contributed by atoms with Crippen LogP contribution in [0.25, 0.3) is 0 Å². The number of hydrogen-bond acceptors (Lipinski definition) is 2. The number of nitrogens with zero attached hydrogens (tertiary/aromatic N) is 1.